The van der Waals surface area contributed by atoms with Gasteiger partial charge in [0.1, 0.15) is 16.6 Å². The van der Waals surface area contributed by atoms with Crippen molar-refractivity contribution in [3.63, 3.8) is 0 Å². The van der Waals surface area contributed by atoms with Crippen molar-refractivity contribution in [3.05, 3.63) is 46.6 Å². The van der Waals surface area contributed by atoms with E-state index >= 15 is 0 Å². The van der Waals surface area contributed by atoms with E-state index in [1.165, 1.54) is 17.1 Å². The Labute approximate surface area is 157 Å². The number of anilines is 1. The molecule has 0 spiro atoms. The van der Waals surface area contributed by atoms with Crippen LogP contribution < -0.4 is 5.32 Å². The number of aromatic nitrogens is 1. The second-order valence-corrected chi connectivity index (χ2v) is 7.21. The van der Waals surface area contributed by atoms with Crippen LogP contribution in [-0.4, -0.2) is 41.1 Å². The molecule has 132 valence electrons. The lowest BCUT2D eigenvalue weighted by Crippen LogP contribution is -2.49. The molecule has 1 fully saturated rings. The Kier molecular flexibility index (Phi) is 6.27. The topological polar surface area (TPSA) is 61.2 Å². The predicted molar refractivity (Wildman–Crippen MR) is 101 cm³/mol. The van der Waals surface area contributed by atoms with Gasteiger partial charge in [0.2, 0.25) is 0 Å². The third-order valence-corrected chi connectivity index (χ3v) is 5.55. The molecule has 0 saturated carbocycles. The Hall–Kier alpha value is -1.65. The first-order chi connectivity index (χ1) is 12.2. The summed E-state index contributed by atoms with van der Waals surface area (Å²) < 4.78 is 10.1. The van der Waals surface area contributed by atoms with E-state index in [1.54, 1.807) is 0 Å². The first-order valence-electron chi connectivity index (χ1n) is 8.41. The summed E-state index contributed by atoms with van der Waals surface area (Å²) in [6, 6.07) is 12.7. The minimum atomic E-state index is 0.0647. The zero-order chi connectivity index (χ0) is 17.6. The van der Waals surface area contributed by atoms with Crippen LogP contribution in [0.3, 0.4) is 0 Å². The molecule has 5 nitrogen and oxygen atoms in total. The van der Waals surface area contributed by atoms with Crippen LogP contribution in [0, 0.1) is 11.3 Å². The van der Waals surface area contributed by atoms with Crippen LogP contribution in [0.4, 0.5) is 5.00 Å². The maximum absolute atomic E-state index is 9.24. The highest BCUT2D eigenvalue weighted by molar-refractivity contribution is 7.10. The summed E-state index contributed by atoms with van der Waals surface area (Å²) in [6.07, 6.45) is 0.958. The van der Waals surface area contributed by atoms with Gasteiger partial charge in [-0.2, -0.15) is 9.64 Å². The van der Waals surface area contributed by atoms with E-state index in [0.717, 1.165) is 31.1 Å². The molecular weight excluding hydrogens is 356 g/mol. The zero-order valence-electron chi connectivity index (χ0n) is 14.1. The molecule has 1 N–H and O–H groups in total. The average Bonchev–Trinajstić information content (AvgIpc) is 3.00. The van der Waals surface area contributed by atoms with Crippen LogP contribution in [0.15, 0.2) is 30.3 Å². The average molecular weight is 377 g/mol. The molecule has 1 aliphatic rings. The molecule has 3 rings (SSSR count). The molecule has 0 amide bonds. The lowest BCUT2D eigenvalue weighted by atomic mass is 10.1. The van der Waals surface area contributed by atoms with E-state index < -0.39 is 0 Å². The molecule has 2 unspecified atom stereocenters. The molecule has 1 aliphatic heterocycles. The molecule has 7 heteroatoms. The van der Waals surface area contributed by atoms with Gasteiger partial charge in [0.05, 0.1) is 18.8 Å². The van der Waals surface area contributed by atoms with E-state index in [2.05, 4.69) is 51.8 Å². The number of nitrogens with one attached hydrogen (secondary N) is 1. The van der Waals surface area contributed by atoms with Crippen LogP contribution in [0.1, 0.15) is 24.5 Å². The van der Waals surface area contributed by atoms with Crippen LogP contribution in [0.25, 0.3) is 0 Å². The van der Waals surface area contributed by atoms with Gasteiger partial charge in [-0.05, 0) is 23.5 Å². The third kappa shape index (κ3) is 4.50. The molecule has 0 radical (unpaired) electrons. The quantitative estimate of drug-likeness (QED) is 0.831. The minimum absolute atomic E-state index is 0.0647. The summed E-state index contributed by atoms with van der Waals surface area (Å²) in [6.45, 7) is 5.54. The van der Waals surface area contributed by atoms with Gasteiger partial charge in [-0.1, -0.05) is 48.9 Å². The first kappa shape index (κ1) is 18.2. The van der Waals surface area contributed by atoms with Crippen molar-refractivity contribution in [3.8, 4) is 6.07 Å². The van der Waals surface area contributed by atoms with Crippen molar-refractivity contribution in [1.29, 1.82) is 5.26 Å². The van der Waals surface area contributed by atoms with Crippen molar-refractivity contribution < 1.29 is 4.74 Å². The molecule has 1 aromatic heterocycles. The summed E-state index contributed by atoms with van der Waals surface area (Å²) in [5, 5.41) is 13.7. The second kappa shape index (κ2) is 8.63. The third-order valence-electron chi connectivity index (χ3n) is 4.39. The van der Waals surface area contributed by atoms with Gasteiger partial charge in [0.25, 0.3) is 0 Å². The molecule has 2 heterocycles. The maximum atomic E-state index is 9.24. The largest absolute Gasteiger partial charge is 0.373 e. The summed E-state index contributed by atoms with van der Waals surface area (Å²) in [7, 11) is 0. The standard InChI is InChI=1S/C18H21ClN4OS/c1-2-15(21-18-14(10-20)17(19)22-25-18)16-12-23(8-9-24-16)11-13-6-4-3-5-7-13/h3-7,15-16,21H,2,8-9,11-12H2,1H3. The minimum Gasteiger partial charge on any atom is -0.373 e. The highest BCUT2D eigenvalue weighted by atomic mass is 35.5. The number of benzene rings is 1. The van der Waals surface area contributed by atoms with Gasteiger partial charge < -0.3 is 10.1 Å². The Morgan fingerprint density at radius 2 is 2.28 bits per heavy atom. The maximum Gasteiger partial charge on any atom is 0.162 e. The number of nitriles is 1. The molecule has 1 aromatic carbocycles. The summed E-state index contributed by atoms with van der Waals surface area (Å²) in [5.74, 6) is 0. The molecule has 0 aliphatic carbocycles. The van der Waals surface area contributed by atoms with Gasteiger partial charge in [-0.3, -0.25) is 4.90 Å². The SMILES string of the molecule is CCC(Nc1snc(Cl)c1C#N)C1CN(Cc2ccccc2)CCO1. The smallest absolute Gasteiger partial charge is 0.162 e. The Morgan fingerprint density at radius 1 is 1.48 bits per heavy atom. The zero-order valence-corrected chi connectivity index (χ0v) is 15.7. The summed E-state index contributed by atoms with van der Waals surface area (Å²) >= 11 is 7.20. The second-order valence-electron chi connectivity index (χ2n) is 6.08. The van der Waals surface area contributed by atoms with E-state index in [-0.39, 0.29) is 17.3 Å². The highest BCUT2D eigenvalue weighted by Gasteiger charge is 2.28. The van der Waals surface area contributed by atoms with Crippen LogP contribution in [0.2, 0.25) is 5.15 Å². The van der Waals surface area contributed by atoms with Gasteiger partial charge >= 0.3 is 0 Å². The van der Waals surface area contributed by atoms with E-state index in [1.807, 2.05) is 6.07 Å². The number of halogens is 1. The van der Waals surface area contributed by atoms with Crippen molar-refractivity contribution >= 4 is 28.1 Å². The fourth-order valence-electron chi connectivity index (χ4n) is 3.05. The normalized spacial score (nSPS) is 19.3. The molecular formula is C18H21ClN4OS. The van der Waals surface area contributed by atoms with Crippen LogP contribution in [0.5, 0.6) is 0 Å². The van der Waals surface area contributed by atoms with Crippen molar-refractivity contribution in [2.45, 2.75) is 32.0 Å². The molecule has 2 aromatic rings. The Balaban J connectivity index is 1.65. The van der Waals surface area contributed by atoms with Crippen LogP contribution >= 0.6 is 23.1 Å². The van der Waals surface area contributed by atoms with Crippen molar-refractivity contribution in [2.24, 2.45) is 0 Å². The number of ether oxygens (including phenoxy) is 1. The van der Waals surface area contributed by atoms with Crippen molar-refractivity contribution in [2.75, 3.05) is 25.0 Å². The number of hydrogen-bond acceptors (Lipinski definition) is 6. The van der Waals surface area contributed by atoms with E-state index in [0.29, 0.717) is 12.2 Å². The van der Waals surface area contributed by atoms with Crippen LogP contribution in [-0.2, 0) is 11.3 Å². The monoisotopic (exact) mass is 376 g/mol. The predicted octanol–water partition coefficient (Wildman–Crippen LogP) is 3.76. The fourth-order valence-corrected chi connectivity index (χ4v) is 4.05. The molecule has 2 atom stereocenters. The molecule has 25 heavy (non-hydrogen) atoms. The summed E-state index contributed by atoms with van der Waals surface area (Å²) in [5.41, 5.74) is 1.73. The number of hydrogen-bond donors (Lipinski definition) is 1. The highest BCUT2D eigenvalue weighted by Crippen LogP contribution is 2.29. The van der Waals surface area contributed by atoms with Gasteiger partial charge in [-0.15, -0.1) is 0 Å². The Morgan fingerprint density at radius 3 is 3.00 bits per heavy atom. The number of rotatable bonds is 6. The number of morpholine rings is 1. The summed E-state index contributed by atoms with van der Waals surface area (Å²) in [4.78, 5) is 2.42. The van der Waals surface area contributed by atoms with Gasteiger partial charge in [0.15, 0.2) is 5.15 Å². The Bertz CT molecular complexity index is 730. The van der Waals surface area contributed by atoms with Crippen molar-refractivity contribution in [1.82, 2.24) is 9.27 Å². The lowest BCUT2D eigenvalue weighted by molar-refractivity contribution is -0.0402. The van der Waals surface area contributed by atoms with E-state index in [4.69, 9.17) is 16.3 Å². The van der Waals surface area contributed by atoms with Gasteiger partial charge in [0, 0.05) is 19.6 Å². The molecule has 1 saturated heterocycles. The first-order valence-corrected chi connectivity index (χ1v) is 9.56. The number of nitrogens with zero attached hydrogens (tertiary/aromatic N) is 3. The molecule has 0 bridgehead atoms. The lowest BCUT2D eigenvalue weighted by Gasteiger charge is -2.37. The fraction of sp³-hybridized carbons (Fsp3) is 0.444. The van der Waals surface area contributed by atoms with E-state index in [9.17, 15) is 5.26 Å². The van der Waals surface area contributed by atoms with Gasteiger partial charge in [-0.25, -0.2) is 0 Å².